The van der Waals surface area contributed by atoms with E-state index in [1.807, 2.05) is 36.6 Å². The maximum Gasteiger partial charge on any atom is 0.387 e. The Kier molecular flexibility index (Phi) is 9.69. The molecule has 0 spiro atoms. The first-order valence-electron chi connectivity index (χ1n) is 14.6. The lowest BCUT2D eigenvalue weighted by Gasteiger charge is -2.32. The van der Waals surface area contributed by atoms with Crippen molar-refractivity contribution in [3.63, 3.8) is 0 Å². The number of fused-ring (bicyclic) bond motifs is 1. The van der Waals surface area contributed by atoms with Gasteiger partial charge in [0, 0.05) is 49.3 Å². The van der Waals surface area contributed by atoms with E-state index in [9.17, 15) is 18.4 Å². The van der Waals surface area contributed by atoms with E-state index in [1.54, 1.807) is 35.6 Å². The van der Waals surface area contributed by atoms with E-state index in [0.717, 1.165) is 54.9 Å². The molecule has 44 heavy (non-hydrogen) atoms. The van der Waals surface area contributed by atoms with Crippen molar-refractivity contribution in [1.82, 2.24) is 24.2 Å². The van der Waals surface area contributed by atoms with Gasteiger partial charge in [-0.2, -0.15) is 8.78 Å². The zero-order valence-electron chi connectivity index (χ0n) is 24.7. The summed E-state index contributed by atoms with van der Waals surface area (Å²) in [6.07, 6.45) is 8.24. The van der Waals surface area contributed by atoms with Gasteiger partial charge in [0.1, 0.15) is 5.75 Å². The van der Waals surface area contributed by atoms with Crippen LogP contribution in [0.2, 0.25) is 0 Å². The van der Waals surface area contributed by atoms with Crippen molar-refractivity contribution in [1.29, 1.82) is 0 Å². The number of alkyl halides is 2. The lowest BCUT2D eigenvalue weighted by Crippen LogP contribution is -2.36. The number of hydrogen-bond acceptors (Lipinski definition) is 7. The van der Waals surface area contributed by atoms with Gasteiger partial charge in [0.2, 0.25) is 0 Å². The number of carboxylic acids is 1. The summed E-state index contributed by atoms with van der Waals surface area (Å²) < 4.78 is 31.3. The molecule has 2 aromatic carbocycles. The molecule has 0 radical (unpaired) electrons. The number of piperidine rings is 1. The molecule has 1 fully saturated rings. The number of carboxylic acid groups (broad SMARTS) is 1. The maximum absolute atomic E-state index is 13.3. The average molecular weight is 607 g/mol. The van der Waals surface area contributed by atoms with Gasteiger partial charge in [0.05, 0.1) is 18.3 Å². The summed E-state index contributed by atoms with van der Waals surface area (Å²) in [6.45, 7) is 2.08. The third-order valence-corrected chi connectivity index (χ3v) is 8.09. The Hall–Kier alpha value is -4.58. The van der Waals surface area contributed by atoms with Crippen molar-refractivity contribution in [3.8, 4) is 17.0 Å². The number of anilines is 2. The Bertz CT molecular complexity index is 1600. The summed E-state index contributed by atoms with van der Waals surface area (Å²) in [4.78, 5) is 37.1. The minimum Gasteiger partial charge on any atom is -0.481 e. The summed E-state index contributed by atoms with van der Waals surface area (Å²) in [5, 5.41) is 12.2. The van der Waals surface area contributed by atoms with Crippen molar-refractivity contribution in [2.75, 3.05) is 38.5 Å². The van der Waals surface area contributed by atoms with Crippen LogP contribution in [0.1, 0.15) is 41.6 Å². The fourth-order valence-electron chi connectivity index (χ4n) is 5.58. The number of benzene rings is 2. The van der Waals surface area contributed by atoms with E-state index in [0.29, 0.717) is 36.0 Å². The Morgan fingerprint density at radius 1 is 1.14 bits per heavy atom. The average Bonchev–Trinajstić information content (AvgIpc) is 3.44. The molecule has 0 atom stereocenters. The zero-order valence-corrected chi connectivity index (χ0v) is 24.7. The van der Waals surface area contributed by atoms with Crippen molar-refractivity contribution in [2.45, 2.75) is 39.2 Å². The first-order chi connectivity index (χ1) is 21.2. The highest BCUT2D eigenvalue weighted by atomic mass is 19.3. The fraction of sp³-hybridized carbons (Fsp3) is 0.375. The normalized spacial score (nSPS) is 14.2. The second-order valence-electron chi connectivity index (χ2n) is 11.1. The molecule has 0 aliphatic carbocycles. The minimum atomic E-state index is -2.88. The topological polar surface area (TPSA) is 112 Å². The SMILES string of the molecule is Cc1cc(Nc2nccn3c(-c4ccc(OC(F)F)cc4)cnc23)ccc1C(=O)N(C)CCC1CCN(CCC(=O)O)CC1. The number of carbonyl (C=O) groups is 2. The molecule has 0 bridgehead atoms. The summed E-state index contributed by atoms with van der Waals surface area (Å²) in [6, 6.07) is 11.9. The number of aliphatic carboxylic acids is 1. The fourth-order valence-corrected chi connectivity index (χ4v) is 5.58. The van der Waals surface area contributed by atoms with Crippen LogP contribution in [-0.2, 0) is 4.79 Å². The smallest absolute Gasteiger partial charge is 0.387 e. The van der Waals surface area contributed by atoms with E-state index < -0.39 is 12.6 Å². The van der Waals surface area contributed by atoms with Crippen LogP contribution >= 0.6 is 0 Å². The molecule has 12 heteroatoms. The second kappa shape index (κ2) is 13.8. The number of nitrogens with zero attached hydrogens (tertiary/aromatic N) is 5. The summed E-state index contributed by atoms with van der Waals surface area (Å²) in [7, 11) is 1.83. The number of carbonyl (C=O) groups excluding carboxylic acids is 1. The van der Waals surface area contributed by atoms with Gasteiger partial charge in [-0.05, 0) is 93.2 Å². The van der Waals surface area contributed by atoms with Gasteiger partial charge in [-0.1, -0.05) is 0 Å². The van der Waals surface area contributed by atoms with Crippen molar-refractivity contribution in [3.05, 3.63) is 72.2 Å². The van der Waals surface area contributed by atoms with Gasteiger partial charge >= 0.3 is 12.6 Å². The first kappa shape index (κ1) is 30.9. The van der Waals surface area contributed by atoms with Crippen LogP contribution < -0.4 is 10.1 Å². The maximum atomic E-state index is 13.3. The number of amides is 1. The Morgan fingerprint density at radius 2 is 1.89 bits per heavy atom. The van der Waals surface area contributed by atoms with Crippen molar-refractivity contribution in [2.24, 2.45) is 5.92 Å². The Morgan fingerprint density at radius 3 is 2.57 bits per heavy atom. The Balaban J connectivity index is 1.19. The Labute approximate surface area is 254 Å². The summed E-state index contributed by atoms with van der Waals surface area (Å²) >= 11 is 0. The number of ether oxygens (including phenoxy) is 1. The molecule has 10 nitrogen and oxygen atoms in total. The quantitative estimate of drug-likeness (QED) is 0.211. The van der Waals surface area contributed by atoms with Gasteiger partial charge < -0.3 is 25.0 Å². The number of aryl methyl sites for hydroxylation is 1. The van der Waals surface area contributed by atoms with E-state index >= 15 is 0 Å². The molecule has 2 N–H and O–H groups in total. The number of nitrogens with one attached hydrogen (secondary N) is 1. The van der Waals surface area contributed by atoms with Gasteiger partial charge in [-0.3, -0.25) is 14.0 Å². The number of hydrogen-bond donors (Lipinski definition) is 2. The highest BCUT2D eigenvalue weighted by Crippen LogP contribution is 2.28. The monoisotopic (exact) mass is 606 g/mol. The third-order valence-electron chi connectivity index (χ3n) is 8.09. The van der Waals surface area contributed by atoms with Crippen molar-refractivity contribution >= 4 is 29.0 Å². The molecule has 0 unspecified atom stereocenters. The predicted molar refractivity (Wildman–Crippen MR) is 163 cm³/mol. The summed E-state index contributed by atoms with van der Waals surface area (Å²) in [5.74, 6) is 0.338. The lowest BCUT2D eigenvalue weighted by atomic mass is 9.93. The number of aromatic nitrogens is 3. The molecule has 1 saturated heterocycles. The van der Waals surface area contributed by atoms with Crippen LogP contribution in [0.25, 0.3) is 16.9 Å². The van der Waals surface area contributed by atoms with Crippen LogP contribution in [0, 0.1) is 12.8 Å². The second-order valence-corrected chi connectivity index (χ2v) is 11.1. The minimum absolute atomic E-state index is 0.0314. The van der Waals surface area contributed by atoms with Gasteiger partial charge in [0.15, 0.2) is 11.5 Å². The van der Waals surface area contributed by atoms with Crippen LogP contribution in [0.4, 0.5) is 20.3 Å². The van der Waals surface area contributed by atoms with Gasteiger partial charge in [0.25, 0.3) is 5.91 Å². The van der Waals surface area contributed by atoms with Crippen molar-refractivity contribution < 1.29 is 28.2 Å². The molecular formula is C32H36F2N6O4. The lowest BCUT2D eigenvalue weighted by molar-refractivity contribution is -0.137. The van der Waals surface area contributed by atoms with Crippen LogP contribution in [0.5, 0.6) is 5.75 Å². The molecule has 1 aliphatic heterocycles. The van der Waals surface area contributed by atoms with Gasteiger partial charge in [-0.15, -0.1) is 0 Å². The highest BCUT2D eigenvalue weighted by molar-refractivity contribution is 5.96. The number of likely N-dealkylation sites (tertiary alicyclic amines) is 1. The van der Waals surface area contributed by atoms with E-state index in [1.165, 1.54) is 12.1 Å². The molecule has 1 amide bonds. The highest BCUT2D eigenvalue weighted by Gasteiger charge is 2.22. The first-order valence-corrected chi connectivity index (χ1v) is 14.6. The predicted octanol–water partition coefficient (Wildman–Crippen LogP) is 5.70. The zero-order chi connectivity index (χ0) is 31.2. The largest absolute Gasteiger partial charge is 0.481 e. The van der Waals surface area contributed by atoms with E-state index in [4.69, 9.17) is 5.11 Å². The van der Waals surface area contributed by atoms with Crippen LogP contribution in [0.15, 0.2) is 61.1 Å². The van der Waals surface area contributed by atoms with E-state index in [-0.39, 0.29) is 18.1 Å². The molecule has 3 heterocycles. The standard InChI is InChI=1S/C32H36F2N6O4/c1-21-19-24(5-8-26(21)31(43)38(2)14-9-22-10-15-39(16-11-22)17-12-28(41)42)37-29-30-36-20-27(40(30)18-13-35-29)23-3-6-25(7-4-23)44-32(33)34/h3-8,13,18-20,22,32H,9-12,14-17H2,1-2H3,(H,35,37)(H,41,42). The summed E-state index contributed by atoms with van der Waals surface area (Å²) in [5.41, 5.74) is 4.35. The number of halogens is 2. The van der Waals surface area contributed by atoms with E-state index in [2.05, 4.69) is 24.9 Å². The molecule has 0 saturated carbocycles. The number of rotatable bonds is 12. The third kappa shape index (κ3) is 7.49. The van der Waals surface area contributed by atoms with Gasteiger partial charge in [-0.25, -0.2) is 9.97 Å². The van der Waals surface area contributed by atoms with Crippen LogP contribution in [0.3, 0.4) is 0 Å². The molecule has 4 aromatic rings. The molecule has 5 rings (SSSR count). The number of imidazole rings is 1. The molecule has 2 aromatic heterocycles. The molecule has 232 valence electrons. The molecular weight excluding hydrogens is 570 g/mol. The molecule has 1 aliphatic rings. The van der Waals surface area contributed by atoms with Crippen LogP contribution in [-0.4, -0.2) is 81.0 Å².